The molecule has 0 rings (SSSR count). The highest BCUT2D eigenvalue weighted by molar-refractivity contribution is 6.41. The molecule has 0 aromatic heterocycles. The van der Waals surface area contributed by atoms with E-state index in [4.69, 9.17) is 5.21 Å². The minimum atomic E-state index is -0.606. The lowest BCUT2D eigenvalue weighted by Gasteiger charge is -1.98. The summed E-state index contributed by atoms with van der Waals surface area (Å²) in [5.41, 5.74) is -0.0944. The fraction of sp³-hybridized carbons (Fsp3) is 0.571. The fourth-order valence-corrected chi connectivity index (χ4v) is 0.527. The fourth-order valence-electron chi connectivity index (χ4n) is 0.527. The molecule has 0 aliphatic heterocycles. The average molecular weight is 173 g/mol. The molecule has 0 radical (unpaired) electrons. The molecule has 0 aromatic carbocycles. The number of Topliss-reactive ketones (excluding diaryl/α,β-unsaturated/α-hetero) is 1. The van der Waals surface area contributed by atoms with E-state index < -0.39 is 11.8 Å². The van der Waals surface area contributed by atoms with Crippen LogP contribution in [0.3, 0.4) is 0 Å². The van der Waals surface area contributed by atoms with Crippen molar-refractivity contribution in [1.29, 1.82) is 0 Å². The van der Waals surface area contributed by atoms with Crippen LogP contribution in [-0.2, 0) is 14.3 Å². The van der Waals surface area contributed by atoms with Crippen molar-refractivity contribution in [2.24, 2.45) is 5.16 Å². The molecule has 5 heteroatoms. The van der Waals surface area contributed by atoms with Gasteiger partial charge < -0.3 is 9.94 Å². The van der Waals surface area contributed by atoms with Gasteiger partial charge in [-0.25, -0.2) is 0 Å². The first-order chi connectivity index (χ1) is 5.61. The van der Waals surface area contributed by atoms with Gasteiger partial charge in [0.1, 0.15) is 12.1 Å². The number of oxime groups is 1. The number of ketones is 1. The highest BCUT2D eigenvalue weighted by Gasteiger charge is 2.12. The molecular formula is C7H11NO4. The van der Waals surface area contributed by atoms with E-state index in [0.29, 0.717) is 0 Å². The zero-order chi connectivity index (χ0) is 9.56. The summed E-state index contributed by atoms with van der Waals surface area (Å²) >= 11 is 0. The minimum Gasteiger partial charge on any atom is -0.466 e. The van der Waals surface area contributed by atoms with E-state index in [1.807, 2.05) is 0 Å². The van der Waals surface area contributed by atoms with E-state index in [-0.39, 0.29) is 18.7 Å². The summed E-state index contributed by atoms with van der Waals surface area (Å²) in [6, 6.07) is 0. The van der Waals surface area contributed by atoms with Crippen molar-refractivity contribution in [3.05, 3.63) is 0 Å². The Kier molecular flexibility index (Phi) is 4.67. The SMILES string of the molecule is CCOC(=O)CC(=O)C(C)=NO. The molecule has 0 unspecified atom stereocenters. The van der Waals surface area contributed by atoms with Crippen molar-refractivity contribution in [3.8, 4) is 0 Å². The lowest BCUT2D eigenvalue weighted by Crippen LogP contribution is -2.17. The number of hydrogen-bond acceptors (Lipinski definition) is 5. The van der Waals surface area contributed by atoms with E-state index in [0.717, 1.165) is 0 Å². The Bertz CT molecular complexity index is 209. The summed E-state index contributed by atoms with van der Waals surface area (Å²) in [5.74, 6) is -1.14. The van der Waals surface area contributed by atoms with Crippen LogP contribution in [0.5, 0.6) is 0 Å². The van der Waals surface area contributed by atoms with Crippen LogP contribution in [0, 0.1) is 0 Å². The molecule has 0 bridgehead atoms. The van der Waals surface area contributed by atoms with Crippen molar-refractivity contribution < 1.29 is 19.5 Å². The van der Waals surface area contributed by atoms with Crippen molar-refractivity contribution >= 4 is 17.5 Å². The maximum Gasteiger partial charge on any atom is 0.313 e. The zero-order valence-electron chi connectivity index (χ0n) is 7.03. The van der Waals surface area contributed by atoms with Crippen LogP contribution in [-0.4, -0.2) is 29.3 Å². The third-order valence-electron chi connectivity index (χ3n) is 1.16. The van der Waals surface area contributed by atoms with E-state index in [9.17, 15) is 9.59 Å². The standard InChI is InChI=1S/C7H11NO4/c1-3-12-7(10)4-6(9)5(2)8-11/h11H,3-4H2,1-2H3. The van der Waals surface area contributed by atoms with Gasteiger partial charge in [-0.1, -0.05) is 5.16 Å². The average Bonchev–Trinajstić information content (AvgIpc) is 2.03. The largest absolute Gasteiger partial charge is 0.466 e. The van der Waals surface area contributed by atoms with Gasteiger partial charge in [0.05, 0.1) is 6.61 Å². The van der Waals surface area contributed by atoms with E-state index in [1.165, 1.54) is 6.92 Å². The molecule has 0 fully saturated rings. The summed E-state index contributed by atoms with van der Waals surface area (Å²) in [6.07, 6.45) is -0.371. The Morgan fingerprint density at radius 3 is 2.50 bits per heavy atom. The first-order valence-electron chi connectivity index (χ1n) is 3.49. The number of carbonyl (C=O) groups excluding carboxylic acids is 2. The predicted octanol–water partition coefficient (Wildman–Crippen LogP) is 0.359. The van der Waals surface area contributed by atoms with Crippen LogP contribution in [0.2, 0.25) is 0 Å². The molecule has 0 heterocycles. The molecule has 1 N–H and O–H groups in total. The highest BCUT2D eigenvalue weighted by atomic mass is 16.5. The number of hydrogen-bond donors (Lipinski definition) is 1. The van der Waals surface area contributed by atoms with Crippen molar-refractivity contribution in [1.82, 2.24) is 0 Å². The summed E-state index contributed by atoms with van der Waals surface area (Å²) in [5, 5.41) is 10.8. The zero-order valence-corrected chi connectivity index (χ0v) is 7.03. The third kappa shape index (κ3) is 3.70. The Labute approximate surface area is 70.0 Å². The van der Waals surface area contributed by atoms with Crippen LogP contribution in [0.15, 0.2) is 5.16 Å². The third-order valence-corrected chi connectivity index (χ3v) is 1.16. The number of nitrogens with zero attached hydrogens (tertiary/aromatic N) is 1. The van der Waals surface area contributed by atoms with Gasteiger partial charge >= 0.3 is 5.97 Å². The second-order valence-electron chi connectivity index (χ2n) is 2.09. The van der Waals surface area contributed by atoms with Crippen molar-refractivity contribution in [3.63, 3.8) is 0 Å². The molecule has 0 aliphatic carbocycles. The van der Waals surface area contributed by atoms with Crippen LogP contribution in [0.25, 0.3) is 0 Å². The quantitative estimate of drug-likeness (QED) is 0.219. The topological polar surface area (TPSA) is 76.0 Å². The Balaban J connectivity index is 3.93. The van der Waals surface area contributed by atoms with Gasteiger partial charge in [-0.3, -0.25) is 9.59 Å². The number of ether oxygens (including phenoxy) is 1. The molecule has 0 spiro atoms. The van der Waals surface area contributed by atoms with Crippen LogP contribution in [0.4, 0.5) is 0 Å². The molecule has 0 aliphatic rings. The summed E-state index contributed by atoms with van der Waals surface area (Å²) in [4.78, 5) is 21.6. The predicted molar refractivity (Wildman–Crippen MR) is 41.2 cm³/mol. The van der Waals surface area contributed by atoms with Crippen molar-refractivity contribution in [2.45, 2.75) is 20.3 Å². The van der Waals surface area contributed by atoms with E-state index in [1.54, 1.807) is 6.92 Å². The summed E-state index contributed by atoms with van der Waals surface area (Å²) in [7, 11) is 0. The van der Waals surface area contributed by atoms with Gasteiger partial charge in [-0.05, 0) is 13.8 Å². The second-order valence-corrected chi connectivity index (χ2v) is 2.09. The molecule has 5 nitrogen and oxygen atoms in total. The lowest BCUT2D eigenvalue weighted by atomic mass is 10.2. The second kappa shape index (κ2) is 5.29. The van der Waals surface area contributed by atoms with Crippen molar-refractivity contribution in [2.75, 3.05) is 6.61 Å². The van der Waals surface area contributed by atoms with Gasteiger partial charge in [0, 0.05) is 0 Å². The lowest BCUT2D eigenvalue weighted by molar-refractivity contribution is -0.144. The van der Waals surface area contributed by atoms with Crippen LogP contribution >= 0.6 is 0 Å². The van der Waals surface area contributed by atoms with E-state index >= 15 is 0 Å². The maximum atomic E-state index is 10.9. The first-order valence-corrected chi connectivity index (χ1v) is 3.49. The Morgan fingerprint density at radius 1 is 1.50 bits per heavy atom. The highest BCUT2D eigenvalue weighted by Crippen LogP contribution is 1.91. The Morgan fingerprint density at radius 2 is 2.08 bits per heavy atom. The molecule has 12 heavy (non-hydrogen) atoms. The van der Waals surface area contributed by atoms with Crippen LogP contribution < -0.4 is 0 Å². The normalized spacial score (nSPS) is 11.0. The first kappa shape index (κ1) is 10.6. The van der Waals surface area contributed by atoms with Gasteiger partial charge in [0.25, 0.3) is 0 Å². The molecular weight excluding hydrogens is 162 g/mol. The van der Waals surface area contributed by atoms with Gasteiger partial charge in [0.2, 0.25) is 0 Å². The molecule has 0 aromatic rings. The molecule has 0 saturated heterocycles. The molecule has 0 amide bonds. The van der Waals surface area contributed by atoms with Gasteiger partial charge in [-0.2, -0.15) is 0 Å². The number of esters is 1. The van der Waals surface area contributed by atoms with Gasteiger partial charge in [-0.15, -0.1) is 0 Å². The van der Waals surface area contributed by atoms with E-state index in [2.05, 4.69) is 9.89 Å². The Hall–Kier alpha value is -1.39. The minimum absolute atomic E-state index is 0.0944. The summed E-state index contributed by atoms with van der Waals surface area (Å²) < 4.78 is 4.51. The number of rotatable bonds is 4. The summed E-state index contributed by atoms with van der Waals surface area (Å²) in [6.45, 7) is 3.21. The van der Waals surface area contributed by atoms with Gasteiger partial charge in [0.15, 0.2) is 5.78 Å². The number of carbonyl (C=O) groups is 2. The smallest absolute Gasteiger partial charge is 0.313 e. The molecule has 0 atom stereocenters. The molecule has 0 saturated carbocycles. The molecule has 68 valence electrons. The monoisotopic (exact) mass is 173 g/mol. The van der Waals surface area contributed by atoms with Crippen LogP contribution in [0.1, 0.15) is 20.3 Å². The maximum absolute atomic E-state index is 10.9.